The number of carbonyl (C=O) groups excluding carboxylic acids is 1. The summed E-state index contributed by atoms with van der Waals surface area (Å²) in [6, 6.07) is 5.11. The monoisotopic (exact) mass is 614 g/mol. The van der Waals surface area contributed by atoms with Crippen molar-refractivity contribution in [1.29, 1.82) is 0 Å². The van der Waals surface area contributed by atoms with Crippen molar-refractivity contribution in [3.05, 3.63) is 59.6 Å². The Morgan fingerprint density at radius 2 is 2.04 bits per heavy atom. The van der Waals surface area contributed by atoms with Gasteiger partial charge in [-0.1, -0.05) is 0 Å². The minimum atomic E-state index is -0.495. The van der Waals surface area contributed by atoms with E-state index in [1.54, 1.807) is 12.1 Å². The van der Waals surface area contributed by atoms with E-state index in [0.29, 0.717) is 23.1 Å². The SMILES string of the molecule is CCCNC(=O)NCc1nn(-c2ccc(Cl)cc2Cl)c(C2=CC=C(Br)[SeH2]2)c1Br. The van der Waals surface area contributed by atoms with Crippen molar-refractivity contribution < 1.29 is 4.79 Å². The van der Waals surface area contributed by atoms with Crippen LogP contribution in [0.1, 0.15) is 24.7 Å². The van der Waals surface area contributed by atoms with Gasteiger partial charge in [-0.05, 0) is 0 Å². The molecule has 28 heavy (non-hydrogen) atoms. The first-order valence-corrected chi connectivity index (χ1v) is 12.9. The van der Waals surface area contributed by atoms with E-state index < -0.39 is 15.0 Å². The molecule has 0 aliphatic carbocycles. The fourth-order valence-electron chi connectivity index (χ4n) is 2.59. The summed E-state index contributed by atoms with van der Waals surface area (Å²) in [5.74, 6) is 0. The first-order valence-electron chi connectivity index (χ1n) is 8.50. The van der Waals surface area contributed by atoms with Gasteiger partial charge in [0.05, 0.1) is 0 Å². The third-order valence-corrected chi connectivity index (χ3v) is 8.82. The maximum atomic E-state index is 11.9. The average molecular weight is 616 g/mol. The molecule has 3 rings (SSSR count). The van der Waals surface area contributed by atoms with Gasteiger partial charge in [-0.15, -0.1) is 0 Å². The van der Waals surface area contributed by atoms with E-state index in [9.17, 15) is 4.79 Å². The average Bonchev–Trinajstić information content (AvgIpc) is 3.21. The summed E-state index contributed by atoms with van der Waals surface area (Å²) < 4.78 is 5.08. The standard InChI is InChI=1S/C18H18Br2Cl2N4OSe/c1-2-7-23-18(27)24-9-12-16(20)17(14-5-6-15(19)28-14)26(25-12)13-4-3-10(21)8-11(13)22/h3-6,8H,2,7,9,28H2,1H3,(H2,23,24,27). The number of halogens is 4. The number of nitrogens with zero attached hydrogens (tertiary/aromatic N) is 2. The van der Waals surface area contributed by atoms with Gasteiger partial charge in [0.2, 0.25) is 0 Å². The van der Waals surface area contributed by atoms with Crippen LogP contribution in [0.2, 0.25) is 10.0 Å². The van der Waals surface area contributed by atoms with E-state index in [-0.39, 0.29) is 6.03 Å². The molecule has 0 unspecified atom stereocenters. The summed E-state index contributed by atoms with van der Waals surface area (Å²) in [6.45, 7) is 2.93. The third kappa shape index (κ3) is 5.04. The fourth-order valence-corrected chi connectivity index (χ4v) is 7.28. The first-order chi connectivity index (χ1) is 13.4. The molecule has 2 heterocycles. The van der Waals surface area contributed by atoms with Crippen LogP contribution in [-0.2, 0) is 6.54 Å². The van der Waals surface area contributed by atoms with E-state index in [1.165, 1.54) is 7.85 Å². The molecule has 1 aliphatic rings. The van der Waals surface area contributed by atoms with Crippen LogP contribution < -0.4 is 10.6 Å². The maximum absolute atomic E-state index is 11.9. The van der Waals surface area contributed by atoms with E-state index >= 15 is 0 Å². The van der Waals surface area contributed by atoms with Crippen molar-refractivity contribution in [2.75, 3.05) is 6.54 Å². The van der Waals surface area contributed by atoms with Crippen molar-refractivity contribution in [3.8, 4) is 5.69 Å². The molecule has 2 amide bonds. The summed E-state index contributed by atoms with van der Waals surface area (Å²) in [5, 5.41) is 11.4. The van der Waals surface area contributed by atoms with Gasteiger partial charge in [0.1, 0.15) is 0 Å². The molecular formula is C18H18Br2Cl2N4OSe. The van der Waals surface area contributed by atoms with Gasteiger partial charge in [-0.2, -0.15) is 0 Å². The predicted octanol–water partition coefficient (Wildman–Crippen LogP) is 4.91. The number of aromatic nitrogens is 2. The molecule has 150 valence electrons. The molecule has 10 heteroatoms. The zero-order valence-corrected chi connectivity index (χ0v) is 21.6. The van der Waals surface area contributed by atoms with Gasteiger partial charge in [0, 0.05) is 0 Å². The first kappa shape index (κ1) is 21.9. The quantitative estimate of drug-likeness (QED) is 0.454. The van der Waals surface area contributed by atoms with E-state index in [2.05, 4.69) is 54.6 Å². The number of benzene rings is 1. The van der Waals surface area contributed by atoms with Crippen LogP contribution in [0.3, 0.4) is 0 Å². The van der Waals surface area contributed by atoms with Gasteiger partial charge >= 0.3 is 197 Å². The Hall–Kier alpha value is -0.761. The van der Waals surface area contributed by atoms with E-state index in [4.69, 9.17) is 28.3 Å². The molecule has 2 N–H and O–H groups in total. The second-order valence-electron chi connectivity index (χ2n) is 5.95. The molecule has 1 aliphatic heterocycles. The van der Waals surface area contributed by atoms with Crippen molar-refractivity contribution in [2.45, 2.75) is 19.9 Å². The van der Waals surface area contributed by atoms with E-state index in [1.807, 2.05) is 17.7 Å². The number of hydrogen-bond donors (Lipinski definition) is 2. The summed E-state index contributed by atoms with van der Waals surface area (Å²) in [7, 11) is 0. The van der Waals surface area contributed by atoms with Gasteiger partial charge in [0.25, 0.3) is 0 Å². The number of amides is 2. The molecule has 0 bridgehead atoms. The Labute approximate surface area is 196 Å². The normalized spacial score (nSPS) is 14.8. The second-order valence-corrected chi connectivity index (χ2v) is 12.8. The Morgan fingerprint density at radius 3 is 2.68 bits per heavy atom. The number of urea groups is 1. The summed E-state index contributed by atoms with van der Waals surface area (Å²) in [4.78, 5) is 11.9. The van der Waals surface area contributed by atoms with Crippen LogP contribution in [-0.4, -0.2) is 37.3 Å². The van der Waals surface area contributed by atoms with Crippen molar-refractivity contribution in [3.63, 3.8) is 0 Å². The zero-order valence-electron chi connectivity index (χ0n) is 14.8. The van der Waals surface area contributed by atoms with Crippen LogP contribution in [0.25, 0.3) is 10.2 Å². The Balaban J connectivity index is 1.97. The number of hydrogen-bond acceptors (Lipinski definition) is 2. The summed E-state index contributed by atoms with van der Waals surface area (Å²) in [5.41, 5.74) is 2.41. The molecule has 0 fully saturated rings. The fraction of sp³-hybridized carbons (Fsp3) is 0.222. The number of nitrogens with one attached hydrogen (secondary N) is 2. The molecule has 1 aromatic heterocycles. The third-order valence-electron chi connectivity index (χ3n) is 3.89. The molecule has 0 saturated carbocycles. The van der Waals surface area contributed by atoms with Gasteiger partial charge < -0.3 is 0 Å². The van der Waals surface area contributed by atoms with Crippen molar-refractivity contribution >= 4 is 80.5 Å². The summed E-state index contributed by atoms with van der Waals surface area (Å²) in [6.07, 6.45) is 5.04. The van der Waals surface area contributed by atoms with Crippen LogP contribution >= 0.6 is 55.1 Å². The molecule has 2 aromatic rings. The second kappa shape index (κ2) is 9.83. The topological polar surface area (TPSA) is 59.0 Å². The van der Waals surface area contributed by atoms with Crippen LogP contribution in [0.4, 0.5) is 4.79 Å². The molecular weight excluding hydrogens is 598 g/mol. The Bertz CT molecular complexity index is 975. The number of allylic oxidation sites excluding steroid dienone is 2. The molecule has 0 spiro atoms. The Morgan fingerprint density at radius 1 is 1.25 bits per heavy atom. The zero-order chi connectivity index (χ0) is 20.3. The van der Waals surface area contributed by atoms with Crippen LogP contribution in [0.15, 0.2) is 38.2 Å². The molecule has 0 saturated heterocycles. The van der Waals surface area contributed by atoms with Gasteiger partial charge in [0.15, 0.2) is 0 Å². The number of rotatable bonds is 6. The van der Waals surface area contributed by atoms with E-state index in [0.717, 1.165) is 28.0 Å². The summed E-state index contributed by atoms with van der Waals surface area (Å²) >= 11 is 19.3. The van der Waals surface area contributed by atoms with Gasteiger partial charge in [-0.25, -0.2) is 0 Å². The van der Waals surface area contributed by atoms with Gasteiger partial charge in [-0.3, -0.25) is 0 Å². The minimum absolute atomic E-state index is 0.215. The molecule has 1 aromatic carbocycles. The predicted molar refractivity (Wildman–Crippen MR) is 125 cm³/mol. The molecule has 5 nitrogen and oxygen atoms in total. The van der Waals surface area contributed by atoms with Crippen LogP contribution in [0, 0.1) is 0 Å². The number of carbonyl (C=O) groups is 1. The molecule has 0 atom stereocenters. The van der Waals surface area contributed by atoms with Crippen LogP contribution in [0.5, 0.6) is 0 Å². The van der Waals surface area contributed by atoms with Crippen molar-refractivity contribution in [1.82, 2.24) is 20.4 Å². The van der Waals surface area contributed by atoms with Crippen molar-refractivity contribution in [2.24, 2.45) is 0 Å². The Kier molecular flexibility index (Phi) is 7.70. The molecule has 0 radical (unpaired) electrons.